The van der Waals surface area contributed by atoms with Crippen molar-refractivity contribution in [3.8, 4) is 0 Å². The molecule has 5 nitrogen and oxygen atoms in total. The van der Waals surface area contributed by atoms with Gasteiger partial charge in [0.1, 0.15) is 0 Å². The number of aromatic nitrogens is 2. The summed E-state index contributed by atoms with van der Waals surface area (Å²) in [6.07, 6.45) is -0.491. The average Bonchev–Trinajstić information content (AvgIpc) is 2.21. The lowest BCUT2D eigenvalue weighted by molar-refractivity contribution is 0.0416. The van der Waals surface area contributed by atoms with Gasteiger partial charge in [0.25, 0.3) is 0 Å². The summed E-state index contributed by atoms with van der Waals surface area (Å²) < 4.78 is 4.85. The number of likely N-dealkylation sites (N-methyl/N-ethyl adjacent to an activating group) is 1. The fourth-order valence-electron chi connectivity index (χ4n) is 1.37. The highest BCUT2D eigenvalue weighted by atomic mass is 35.5. The Morgan fingerprint density at radius 3 is 2.81 bits per heavy atom. The average molecular weight is 246 g/mol. The quantitative estimate of drug-likeness (QED) is 0.794. The van der Waals surface area contributed by atoms with Gasteiger partial charge in [0.15, 0.2) is 5.15 Å². The third kappa shape index (κ3) is 4.85. The second-order valence-corrected chi connectivity index (χ2v) is 4.04. The number of hydrogen-bond donors (Lipinski definition) is 1. The van der Waals surface area contributed by atoms with Crippen LogP contribution in [0.25, 0.3) is 0 Å². The van der Waals surface area contributed by atoms with Crippen LogP contribution in [0.15, 0.2) is 12.1 Å². The maximum Gasteiger partial charge on any atom is 0.151 e. The molecule has 1 N–H and O–H groups in total. The number of aliphatic hydroxyl groups is 1. The topological polar surface area (TPSA) is 58.5 Å². The second-order valence-electron chi connectivity index (χ2n) is 3.65. The SMILES string of the molecule is COCC(O)CN(C)Cc1ccc(Cl)nn1. The molecular weight excluding hydrogens is 230 g/mol. The highest BCUT2D eigenvalue weighted by molar-refractivity contribution is 6.29. The van der Waals surface area contributed by atoms with Gasteiger partial charge in [0.05, 0.1) is 18.4 Å². The van der Waals surface area contributed by atoms with E-state index in [0.717, 1.165) is 5.69 Å². The fourth-order valence-corrected chi connectivity index (χ4v) is 1.47. The molecule has 0 aliphatic heterocycles. The molecule has 0 fully saturated rings. The highest BCUT2D eigenvalue weighted by Gasteiger charge is 2.08. The van der Waals surface area contributed by atoms with E-state index in [9.17, 15) is 5.11 Å². The van der Waals surface area contributed by atoms with Crippen molar-refractivity contribution >= 4 is 11.6 Å². The second kappa shape index (κ2) is 6.75. The minimum Gasteiger partial charge on any atom is -0.389 e. The molecule has 16 heavy (non-hydrogen) atoms. The van der Waals surface area contributed by atoms with Crippen LogP contribution in [-0.4, -0.2) is 53.6 Å². The molecule has 0 amide bonds. The van der Waals surface area contributed by atoms with Gasteiger partial charge < -0.3 is 9.84 Å². The van der Waals surface area contributed by atoms with Gasteiger partial charge in [-0.15, -0.1) is 5.10 Å². The summed E-state index contributed by atoms with van der Waals surface area (Å²) in [6.45, 7) is 1.47. The molecule has 0 saturated heterocycles. The Balaban J connectivity index is 2.39. The van der Waals surface area contributed by atoms with Gasteiger partial charge in [-0.2, -0.15) is 5.10 Å². The van der Waals surface area contributed by atoms with E-state index in [-0.39, 0.29) is 0 Å². The van der Waals surface area contributed by atoms with Crippen molar-refractivity contribution in [3.63, 3.8) is 0 Å². The molecule has 1 unspecified atom stereocenters. The van der Waals surface area contributed by atoms with Gasteiger partial charge in [0, 0.05) is 20.2 Å². The molecule has 1 rings (SSSR count). The lowest BCUT2D eigenvalue weighted by atomic mass is 10.3. The van der Waals surface area contributed by atoms with E-state index in [1.165, 1.54) is 0 Å². The lowest BCUT2D eigenvalue weighted by Gasteiger charge is -2.19. The number of nitrogens with zero attached hydrogens (tertiary/aromatic N) is 3. The zero-order chi connectivity index (χ0) is 12.0. The Bertz CT molecular complexity index is 307. The zero-order valence-electron chi connectivity index (χ0n) is 9.43. The summed E-state index contributed by atoms with van der Waals surface area (Å²) in [6, 6.07) is 3.51. The summed E-state index contributed by atoms with van der Waals surface area (Å²) in [5.41, 5.74) is 0.816. The minimum absolute atomic E-state index is 0.330. The first-order chi connectivity index (χ1) is 7.61. The van der Waals surface area contributed by atoms with E-state index in [0.29, 0.717) is 24.8 Å². The maximum absolute atomic E-state index is 9.52. The predicted octanol–water partition coefficient (Wildman–Crippen LogP) is 0.569. The van der Waals surface area contributed by atoms with E-state index in [1.807, 2.05) is 18.0 Å². The van der Waals surface area contributed by atoms with Crippen LogP contribution in [0.3, 0.4) is 0 Å². The van der Waals surface area contributed by atoms with Crippen molar-refractivity contribution in [1.29, 1.82) is 0 Å². The van der Waals surface area contributed by atoms with E-state index in [1.54, 1.807) is 13.2 Å². The standard InChI is InChI=1S/C10H16ClN3O2/c1-14(6-9(15)7-16-2)5-8-3-4-10(11)13-12-8/h3-4,9,15H,5-7H2,1-2H3. The molecule has 0 aromatic carbocycles. The minimum atomic E-state index is -0.491. The van der Waals surface area contributed by atoms with Crippen LogP contribution in [-0.2, 0) is 11.3 Å². The molecule has 1 heterocycles. The van der Waals surface area contributed by atoms with E-state index in [4.69, 9.17) is 16.3 Å². The molecule has 0 aliphatic carbocycles. The molecule has 0 radical (unpaired) electrons. The number of rotatable bonds is 6. The van der Waals surface area contributed by atoms with Gasteiger partial charge in [-0.05, 0) is 19.2 Å². The van der Waals surface area contributed by atoms with Crippen molar-refractivity contribution in [1.82, 2.24) is 15.1 Å². The molecule has 1 aromatic heterocycles. The Morgan fingerprint density at radius 2 is 2.25 bits per heavy atom. The Labute approximate surface area is 100.0 Å². The van der Waals surface area contributed by atoms with Crippen LogP contribution in [0.5, 0.6) is 0 Å². The maximum atomic E-state index is 9.52. The van der Waals surface area contributed by atoms with Gasteiger partial charge in [0.2, 0.25) is 0 Å². The largest absolute Gasteiger partial charge is 0.389 e. The molecule has 0 spiro atoms. The molecular formula is C10H16ClN3O2. The zero-order valence-corrected chi connectivity index (χ0v) is 10.2. The monoisotopic (exact) mass is 245 g/mol. The molecule has 1 atom stereocenters. The number of hydrogen-bond acceptors (Lipinski definition) is 5. The van der Waals surface area contributed by atoms with Gasteiger partial charge in [-0.1, -0.05) is 11.6 Å². The predicted molar refractivity (Wildman–Crippen MR) is 61.3 cm³/mol. The van der Waals surface area contributed by atoms with Crippen LogP contribution in [0, 0.1) is 0 Å². The Morgan fingerprint density at radius 1 is 1.50 bits per heavy atom. The smallest absolute Gasteiger partial charge is 0.151 e. The Kier molecular flexibility index (Phi) is 5.62. The van der Waals surface area contributed by atoms with Gasteiger partial charge in [-0.3, -0.25) is 4.90 Å². The molecule has 0 aliphatic rings. The molecule has 1 aromatic rings. The van der Waals surface area contributed by atoms with Crippen molar-refractivity contribution in [2.45, 2.75) is 12.6 Å². The Hall–Kier alpha value is -0.750. The van der Waals surface area contributed by atoms with Crippen molar-refractivity contribution in [3.05, 3.63) is 23.0 Å². The van der Waals surface area contributed by atoms with Gasteiger partial charge >= 0.3 is 0 Å². The molecule has 0 bridgehead atoms. The lowest BCUT2D eigenvalue weighted by Crippen LogP contribution is -2.31. The van der Waals surface area contributed by atoms with Crippen LogP contribution < -0.4 is 0 Å². The summed E-state index contributed by atoms with van der Waals surface area (Å²) in [5, 5.41) is 17.6. The van der Waals surface area contributed by atoms with Crippen molar-refractivity contribution in [2.75, 3.05) is 27.3 Å². The summed E-state index contributed by atoms with van der Waals surface area (Å²) >= 11 is 5.63. The molecule has 6 heteroatoms. The number of ether oxygens (including phenoxy) is 1. The van der Waals surface area contributed by atoms with E-state index >= 15 is 0 Å². The molecule has 0 saturated carbocycles. The summed E-state index contributed by atoms with van der Waals surface area (Å²) in [7, 11) is 3.46. The molecule has 90 valence electrons. The van der Waals surface area contributed by atoms with Crippen molar-refractivity contribution in [2.24, 2.45) is 0 Å². The normalized spacial score (nSPS) is 13.1. The van der Waals surface area contributed by atoms with E-state index < -0.39 is 6.10 Å². The number of halogens is 1. The van der Waals surface area contributed by atoms with Crippen LogP contribution in [0.1, 0.15) is 5.69 Å². The van der Waals surface area contributed by atoms with E-state index in [2.05, 4.69) is 10.2 Å². The third-order valence-electron chi connectivity index (χ3n) is 2.00. The first kappa shape index (κ1) is 13.3. The first-order valence-corrected chi connectivity index (χ1v) is 5.33. The van der Waals surface area contributed by atoms with Gasteiger partial charge in [-0.25, -0.2) is 0 Å². The first-order valence-electron chi connectivity index (χ1n) is 4.95. The van der Waals surface area contributed by atoms with Crippen LogP contribution in [0.4, 0.5) is 0 Å². The highest BCUT2D eigenvalue weighted by Crippen LogP contribution is 2.04. The summed E-state index contributed by atoms with van der Waals surface area (Å²) in [4.78, 5) is 1.95. The summed E-state index contributed by atoms with van der Waals surface area (Å²) in [5.74, 6) is 0. The number of methoxy groups -OCH3 is 1. The number of aliphatic hydroxyl groups excluding tert-OH is 1. The fraction of sp³-hybridized carbons (Fsp3) is 0.600. The van der Waals surface area contributed by atoms with Crippen LogP contribution >= 0.6 is 11.6 Å². The van der Waals surface area contributed by atoms with Crippen molar-refractivity contribution < 1.29 is 9.84 Å². The third-order valence-corrected chi connectivity index (χ3v) is 2.20. The van der Waals surface area contributed by atoms with Crippen LogP contribution in [0.2, 0.25) is 5.15 Å².